The van der Waals surface area contributed by atoms with Crippen LogP contribution in [0.5, 0.6) is 0 Å². The minimum atomic E-state index is -0.919. The largest absolute Gasteiger partial charge is 0.438 e. The molecule has 5 N–H and O–H groups in total. The topological polar surface area (TPSA) is 207 Å². The zero-order valence-corrected chi connectivity index (χ0v) is 36.5. The number of hydrogen-bond donors (Lipinski definition) is 4. The van der Waals surface area contributed by atoms with E-state index in [1.165, 1.54) is 23.0 Å². The molecule has 6 heterocycles. The number of aryl methyl sites for hydroxylation is 2. The van der Waals surface area contributed by atoms with Crippen LogP contribution >= 0.6 is 0 Å². The average molecular weight is 886 g/mol. The van der Waals surface area contributed by atoms with Gasteiger partial charge in [-0.25, -0.2) is 23.4 Å². The molecule has 6 aromatic rings. The van der Waals surface area contributed by atoms with Gasteiger partial charge in [0, 0.05) is 79.4 Å². The Morgan fingerprint density at radius 1 is 1.03 bits per heavy atom. The van der Waals surface area contributed by atoms with Crippen LogP contribution in [0, 0.1) is 36.8 Å². The maximum atomic E-state index is 16.2. The van der Waals surface area contributed by atoms with Crippen molar-refractivity contribution in [1.82, 2.24) is 33.7 Å². The molecular weight excluding hydrogens is 837 g/mol. The summed E-state index contributed by atoms with van der Waals surface area (Å²) in [6.45, 7) is 8.54. The first-order valence-electron chi connectivity index (χ1n) is 22.0. The average Bonchev–Trinajstić information content (AvgIpc) is 4.07. The van der Waals surface area contributed by atoms with Gasteiger partial charge in [0.05, 0.1) is 34.0 Å². The summed E-state index contributed by atoms with van der Waals surface area (Å²) in [6.07, 6.45) is 8.10. The number of ether oxygens (including phenoxy) is 1. The number of aromatic nitrogens is 6. The fraction of sp³-hybridized carbons (Fsp3) is 0.383. The van der Waals surface area contributed by atoms with Crippen LogP contribution in [0.4, 0.5) is 20.2 Å². The quantitative estimate of drug-likeness (QED) is 0.0870. The molecule has 3 unspecified atom stereocenters. The number of hydrogen-bond acceptors (Lipinski definition) is 11. The zero-order valence-electron chi connectivity index (χ0n) is 36.5. The van der Waals surface area contributed by atoms with Crippen molar-refractivity contribution in [2.45, 2.75) is 89.8 Å². The highest BCUT2D eigenvalue weighted by Crippen LogP contribution is 2.56. The number of benzene rings is 2. The molecular formula is C47H49F2N11O5. The number of rotatable bonds is 10. The lowest BCUT2D eigenvalue weighted by molar-refractivity contribution is 0.0697. The number of imidazole rings is 1. The Kier molecular flexibility index (Phi) is 10.3. The third-order valence-electron chi connectivity index (χ3n) is 13.6. The van der Waals surface area contributed by atoms with Crippen LogP contribution in [0.3, 0.4) is 0 Å². The number of nitrogens with two attached hydrogens (primary N) is 1. The molecule has 3 fully saturated rings. The minimum absolute atomic E-state index is 0.0203. The molecule has 65 heavy (non-hydrogen) atoms. The summed E-state index contributed by atoms with van der Waals surface area (Å²) in [5.41, 5.74) is 9.94. The lowest BCUT2D eigenvalue weighted by Gasteiger charge is -2.37. The molecule has 0 bridgehead atoms. The minimum Gasteiger partial charge on any atom is -0.402 e. The first-order valence-corrected chi connectivity index (χ1v) is 22.0. The highest BCUT2D eigenvalue weighted by Gasteiger charge is 2.59. The summed E-state index contributed by atoms with van der Waals surface area (Å²) in [5.74, 6) is -1.71. The first kappa shape index (κ1) is 42.0. The van der Waals surface area contributed by atoms with Crippen molar-refractivity contribution in [2.75, 3.05) is 25.1 Å². The van der Waals surface area contributed by atoms with E-state index in [-0.39, 0.29) is 53.8 Å². The van der Waals surface area contributed by atoms with Crippen LogP contribution in [0.2, 0.25) is 0 Å². The van der Waals surface area contributed by atoms with Crippen LogP contribution in [-0.4, -0.2) is 83.5 Å². The third-order valence-corrected chi connectivity index (χ3v) is 13.6. The van der Waals surface area contributed by atoms with Gasteiger partial charge in [0.25, 0.3) is 5.91 Å². The Balaban J connectivity index is 1.09. The number of nitrogens with zero attached hydrogens (tertiary/aromatic N) is 7. The van der Waals surface area contributed by atoms with Gasteiger partial charge in [-0.2, -0.15) is 0 Å². The number of amides is 1. The van der Waals surface area contributed by atoms with E-state index in [1.54, 1.807) is 49.9 Å². The van der Waals surface area contributed by atoms with E-state index in [2.05, 4.69) is 15.5 Å². The number of H-pyrrole nitrogens is 1. The van der Waals surface area contributed by atoms with Gasteiger partial charge in [-0.1, -0.05) is 12.1 Å². The summed E-state index contributed by atoms with van der Waals surface area (Å²) in [4.78, 5) is 56.9. The molecule has 0 radical (unpaired) electrons. The van der Waals surface area contributed by atoms with Gasteiger partial charge in [0.1, 0.15) is 22.9 Å². The van der Waals surface area contributed by atoms with E-state index in [1.807, 2.05) is 23.6 Å². The lowest BCUT2D eigenvalue weighted by Crippen LogP contribution is -2.49. The van der Waals surface area contributed by atoms with E-state index < -0.39 is 34.7 Å². The van der Waals surface area contributed by atoms with Crippen LogP contribution < -0.4 is 22.5 Å². The Morgan fingerprint density at radius 3 is 2.43 bits per heavy atom. The van der Waals surface area contributed by atoms with Crippen molar-refractivity contribution in [3.05, 3.63) is 133 Å². The number of halogens is 2. The highest BCUT2D eigenvalue weighted by atomic mass is 19.1. The number of anilines is 1. The number of carbonyl (C=O) groups is 1. The molecule has 16 nitrogen and oxygen atoms in total. The van der Waals surface area contributed by atoms with E-state index in [0.717, 1.165) is 42.2 Å². The second-order valence-corrected chi connectivity index (χ2v) is 17.8. The number of pyridine rings is 1. The Bertz CT molecular complexity index is 3090. The van der Waals surface area contributed by atoms with E-state index in [4.69, 9.17) is 30.4 Å². The van der Waals surface area contributed by atoms with Gasteiger partial charge in [-0.05, 0) is 112 Å². The van der Waals surface area contributed by atoms with Crippen molar-refractivity contribution in [2.24, 2.45) is 16.6 Å². The molecule has 18 heteroatoms. The van der Waals surface area contributed by atoms with Crippen molar-refractivity contribution in [3.8, 4) is 5.69 Å². The fourth-order valence-electron chi connectivity index (χ4n) is 9.79. The molecule has 2 aromatic carbocycles. The second kappa shape index (κ2) is 15.9. The normalized spacial score (nSPS) is 21.6. The standard InChI is InChI=1S/C47H49F2N11O5/c1-24-19-30(20-25(2)40(24)48)53-42(59-16-15-58(46(59)63)37-10-8-34(52-29-5-6-29)31(23-50)41(37)49)39-27(4)57(14-11-32(39)51)43(61)38-21-35-36(9-7-33(54-35)28-12-17-64-18-13-28)60(38)47(22-26(47)3)44-55-45(62)65-56-44/h7-10,15-16,19-21,23,26-29,50,52H,5-6,11-14,17-18,22,51H2,1-4H3,(H,55,56,62). The molecule has 10 rings (SSSR count). The smallest absolute Gasteiger partial charge is 0.402 e. The predicted molar refractivity (Wildman–Crippen MR) is 240 cm³/mol. The van der Waals surface area contributed by atoms with E-state index >= 15 is 9.18 Å². The molecule has 2 saturated carbocycles. The first-order chi connectivity index (χ1) is 31.3. The SMILES string of the molecule is Cc1cc(N=C(C2=C(N)CCN(C(=O)c3cc4nc(C5CCOCC5)ccc4n3C3(c4noc(=O)[nH]4)CC3C)C2C)n2ccn(-c3ccc(NC4CC4)c(C=N)c3F)c2=O)cc(C)c1F. The number of aromatic amines is 1. The van der Waals surface area contributed by atoms with Gasteiger partial charge >= 0.3 is 11.4 Å². The van der Waals surface area contributed by atoms with Gasteiger partial charge in [-0.3, -0.25) is 28.4 Å². The van der Waals surface area contributed by atoms with E-state index in [0.29, 0.717) is 76.0 Å². The molecule has 4 aromatic heterocycles. The summed E-state index contributed by atoms with van der Waals surface area (Å²) < 4.78 is 46.2. The number of carbonyl (C=O) groups excluding carboxylic acids is 1. The van der Waals surface area contributed by atoms with E-state index in [9.17, 15) is 14.0 Å². The van der Waals surface area contributed by atoms with Crippen molar-refractivity contribution >= 4 is 40.4 Å². The Labute approximate surface area is 371 Å². The van der Waals surface area contributed by atoms with Crippen LogP contribution in [-0.2, 0) is 10.3 Å². The Hall–Kier alpha value is -6.95. The predicted octanol–water partition coefficient (Wildman–Crippen LogP) is 6.54. The molecule has 0 spiro atoms. The van der Waals surface area contributed by atoms with Gasteiger partial charge in [0.2, 0.25) is 0 Å². The van der Waals surface area contributed by atoms with Crippen molar-refractivity contribution in [1.29, 1.82) is 5.41 Å². The number of aliphatic imine (C=N–C) groups is 1. The Morgan fingerprint density at radius 2 is 1.77 bits per heavy atom. The van der Waals surface area contributed by atoms with Crippen molar-refractivity contribution < 1.29 is 22.8 Å². The van der Waals surface area contributed by atoms with Gasteiger partial charge < -0.3 is 30.7 Å². The molecule has 2 aliphatic carbocycles. The number of nitrogens with one attached hydrogen (secondary N) is 3. The molecule has 1 saturated heterocycles. The van der Waals surface area contributed by atoms with Crippen molar-refractivity contribution in [3.63, 3.8) is 0 Å². The second-order valence-electron chi connectivity index (χ2n) is 17.8. The zero-order chi connectivity index (χ0) is 45.5. The fourth-order valence-corrected chi connectivity index (χ4v) is 9.79. The number of fused-ring (bicyclic) bond motifs is 1. The van der Waals surface area contributed by atoms with Gasteiger partial charge in [-0.15, -0.1) is 0 Å². The summed E-state index contributed by atoms with van der Waals surface area (Å²) in [6, 6.07) is 11.4. The third kappa shape index (κ3) is 7.10. The lowest BCUT2D eigenvalue weighted by atomic mass is 9.96. The molecule has 336 valence electrons. The van der Waals surface area contributed by atoms with Crippen LogP contribution in [0.15, 0.2) is 85.2 Å². The molecule has 4 aliphatic rings. The van der Waals surface area contributed by atoms with Crippen LogP contribution in [0.25, 0.3) is 16.7 Å². The summed E-state index contributed by atoms with van der Waals surface area (Å²) in [7, 11) is 0. The summed E-state index contributed by atoms with van der Waals surface area (Å²) in [5, 5.41) is 15.4. The maximum Gasteiger partial charge on any atom is 0.438 e. The molecule has 1 amide bonds. The monoisotopic (exact) mass is 885 g/mol. The molecule has 2 aliphatic heterocycles. The maximum absolute atomic E-state index is 16.2. The van der Waals surface area contributed by atoms with Gasteiger partial charge in [0.15, 0.2) is 11.6 Å². The van der Waals surface area contributed by atoms with Crippen LogP contribution in [0.1, 0.15) is 97.0 Å². The summed E-state index contributed by atoms with van der Waals surface area (Å²) >= 11 is 0. The highest BCUT2D eigenvalue weighted by molar-refractivity contribution is 6.05. The molecule has 3 atom stereocenters.